The summed E-state index contributed by atoms with van der Waals surface area (Å²) in [6, 6.07) is 1.73. The van der Waals surface area contributed by atoms with Crippen LogP contribution in [0.25, 0.3) is 0 Å². The topological polar surface area (TPSA) is 72.2 Å². The van der Waals surface area contributed by atoms with Crippen molar-refractivity contribution in [2.75, 3.05) is 5.32 Å². The molecule has 0 radical (unpaired) electrons. The van der Waals surface area contributed by atoms with Gasteiger partial charge in [0.15, 0.2) is 0 Å². The lowest BCUT2D eigenvalue weighted by Crippen LogP contribution is -2.25. The number of primary amides is 1. The molecule has 2 amide bonds. The fourth-order valence-electron chi connectivity index (χ4n) is 2.37. The van der Waals surface area contributed by atoms with Crippen molar-refractivity contribution in [1.82, 2.24) is 0 Å². The van der Waals surface area contributed by atoms with Crippen LogP contribution in [0, 0.1) is 12.8 Å². The summed E-state index contributed by atoms with van der Waals surface area (Å²) in [4.78, 5) is 24.3. The number of carbonyl (C=O) groups excluding carboxylic acids is 2. The van der Waals surface area contributed by atoms with Crippen molar-refractivity contribution in [2.45, 2.75) is 39.0 Å². The molecule has 98 valence electrons. The highest BCUT2D eigenvalue weighted by molar-refractivity contribution is 7.16. The Bertz CT molecular complexity index is 462. The minimum atomic E-state index is -0.488. The van der Waals surface area contributed by atoms with Gasteiger partial charge in [0.2, 0.25) is 5.91 Å². The number of nitrogens with one attached hydrogen (secondary N) is 1. The average Bonchev–Trinajstić information content (AvgIpc) is 2.71. The first-order chi connectivity index (χ1) is 8.58. The van der Waals surface area contributed by atoms with Gasteiger partial charge >= 0.3 is 0 Å². The molecule has 0 bridgehead atoms. The Balaban J connectivity index is 2.08. The molecule has 1 aromatic heterocycles. The van der Waals surface area contributed by atoms with E-state index in [4.69, 9.17) is 5.73 Å². The summed E-state index contributed by atoms with van der Waals surface area (Å²) in [5.41, 5.74) is 5.72. The molecule has 5 heteroatoms. The van der Waals surface area contributed by atoms with E-state index in [1.165, 1.54) is 17.8 Å². The number of anilines is 1. The summed E-state index contributed by atoms with van der Waals surface area (Å²) < 4.78 is 0. The molecule has 3 N–H and O–H groups in total. The van der Waals surface area contributed by atoms with Crippen molar-refractivity contribution in [3.63, 3.8) is 0 Å². The molecule has 2 rings (SSSR count). The minimum Gasteiger partial charge on any atom is -0.366 e. The summed E-state index contributed by atoms with van der Waals surface area (Å²) in [5, 5.41) is 3.45. The van der Waals surface area contributed by atoms with Gasteiger partial charge in [-0.1, -0.05) is 19.3 Å². The van der Waals surface area contributed by atoms with Crippen LogP contribution in [0.2, 0.25) is 0 Å². The maximum Gasteiger partial charge on any atom is 0.251 e. The fourth-order valence-corrected chi connectivity index (χ4v) is 3.29. The number of nitrogens with two attached hydrogens (primary N) is 1. The first-order valence-corrected chi connectivity index (χ1v) is 7.10. The molecule has 0 atom stereocenters. The summed E-state index contributed by atoms with van der Waals surface area (Å²) in [6.45, 7) is 1.90. The Morgan fingerprint density at radius 3 is 2.61 bits per heavy atom. The van der Waals surface area contributed by atoms with Crippen LogP contribution in [0.3, 0.4) is 0 Å². The van der Waals surface area contributed by atoms with Crippen LogP contribution in [-0.4, -0.2) is 11.8 Å². The SMILES string of the molecule is Cc1cc(C(N)=O)c(NC(=O)C2CCCCC2)s1. The predicted octanol–water partition coefficient (Wildman–Crippen LogP) is 2.67. The number of carbonyl (C=O) groups is 2. The van der Waals surface area contributed by atoms with Crippen LogP contribution in [-0.2, 0) is 4.79 Å². The third kappa shape index (κ3) is 2.90. The number of thiophene rings is 1. The van der Waals surface area contributed by atoms with E-state index in [-0.39, 0.29) is 11.8 Å². The van der Waals surface area contributed by atoms with Crippen molar-refractivity contribution in [3.05, 3.63) is 16.5 Å². The van der Waals surface area contributed by atoms with Crippen LogP contribution < -0.4 is 11.1 Å². The lowest BCUT2D eigenvalue weighted by molar-refractivity contribution is -0.120. The maximum atomic E-state index is 12.1. The Morgan fingerprint density at radius 1 is 1.33 bits per heavy atom. The lowest BCUT2D eigenvalue weighted by atomic mass is 9.89. The molecule has 4 nitrogen and oxygen atoms in total. The van der Waals surface area contributed by atoms with Crippen molar-refractivity contribution in [1.29, 1.82) is 0 Å². The standard InChI is InChI=1S/C13H18N2O2S/c1-8-7-10(11(14)16)13(18-8)15-12(17)9-5-3-2-4-6-9/h7,9H,2-6H2,1H3,(H2,14,16)(H,15,17). The molecule has 18 heavy (non-hydrogen) atoms. The maximum absolute atomic E-state index is 12.1. The van der Waals surface area contributed by atoms with E-state index in [0.717, 1.165) is 30.6 Å². The van der Waals surface area contributed by atoms with E-state index in [1.807, 2.05) is 6.92 Å². The van der Waals surface area contributed by atoms with Crippen molar-refractivity contribution in [2.24, 2.45) is 11.7 Å². The van der Waals surface area contributed by atoms with Gasteiger partial charge in [-0.15, -0.1) is 11.3 Å². The summed E-state index contributed by atoms with van der Waals surface area (Å²) in [6.07, 6.45) is 5.34. The van der Waals surface area contributed by atoms with Gasteiger partial charge in [-0.3, -0.25) is 9.59 Å². The molecule has 1 aliphatic carbocycles. The molecule has 0 saturated heterocycles. The monoisotopic (exact) mass is 266 g/mol. The molecule has 1 fully saturated rings. The number of hydrogen-bond donors (Lipinski definition) is 2. The zero-order chi connectivity index (χ0) is 13.1. The van der Waals surface area contributed by atoms with E-state index in [9.17, 15) is 9.59 Å². The smallest absolute Gasteiger partial charge is 0.251 e. The molecule has 0 aromatic carbocycles. The molecular formula is C13H18N2O2S. The Morgan fingerprint density at radius 2 is 2.00 bits per heavy atom. The van der Waals surface area contributed by atoms with Crippen LogP contribution in [0.1, 0.15) is 47.3 Å². The van der Waals surface area contributed by atoms with E-state index in [2.05, 4.69) is 5.32 Å². The zero-order valence-corrected chi connectivity index (χ0v) is 11.3. The second-order valence-electron chi connectivity index (χ2n) is 4.79. The van der Waals surface area contributed by atoms with E-state index < -0.39 is 5.91 Å². The molecule has 1 saturated carbocycles. The Labute approximate surface area is 111 Å². The fraction of sp³-hybridized carbons (Fsp3) is 0.538. The van der Waals surface area contributed by atoms with Gasteiger partial charge in [0.1, 0.15) is 5.00 Å². The van der Waals surface area contributed by atoms with Gasteiger partial charge in [0, 0.05) is 10.8 Å². The number of aryl methyl sites for hydroxylation is 1. The van der Waals surface area contributed by atoms with Crippen LogP contribution in [0.15, 0.2) is 6.07 Å². The van der Waals surface area contributed by atoms with Gasteiger partial charge in [0.25, 0.3) is 5.91 Å². The second-order valence-corrected chi connectivity index (χ2v) is 6.04. The molecule has 1 aliphatic rings. The second kappa shape index (κ2) is 5.52. The Kier molecular flexibility index (Phi) is 4.01. The lowest BCUT2D eigenvalue weighted by Gasteiger charge is -2.20. The third-order valence-electron chi connectivity index (χ3n) is 3.33. The first-order valence-electron chi connectivity index (χ1n) is 6.29. The van der Waals surface area contributed by atoms with Crippen molar-refractivity contribution >= 4 is 28.2 Å². The normalized spacial score (nSPS) is 16.5. The highest BCUT2D eigenvalue weighted by Crippen LogP contribution is 2.30. The van der Waals surface area contributed by atoms with Crippen LogP contribution in [0.5, 0.6) is 0 Å². The highest BCUT2D eigenvalue weighted by atomic mass is 32.1. The number of amides is 2. The van der Waals surface area contributed by atoms with Crippen molar-refractivity contribution in [3.8, 4) is 0 Å². The van der Waals surface area contributed by atoms with Crippen LogP contribution in [0.4, 0.5) is 5.00 Å². The highest BCUT2D eigenvalue weighted by Gasteiger charge is 2.23. The van der Waals surface area contributed by atoms with Gasteiger partial charge < -0.3 is 11.1 Å². The van der Waals surface area contributed by atoms with E-state index >= 15 is 0 Å². The summed E-state index contributed by atoms with van der Waals surface area (Å²) in [7, 11) is 0. The predicted molar refractivity (Wildman–Crippen MR) is 72.8 cm³/mol. The molecule has 1 heterocycles. The van der Waals surface area contributed by atoms with E-state index in [1.54, 1.807) is 6.07 Å². The van der Waals surface area contributed by atoms with Gasteiger partial charge in [-0.2, -0.15) is 0 Å². The first kappa shape index (κ1) is 13.1. The molecule has 0 unspecified atom stereocenters. The number of rotatable bonds is 3. The minimum absolute atomic E-state index is 0.0269. The average molecular weight is 266 g/mol. The van der Waals surface area contributed by atoms with Gasteiger partial charge in [-0.05, 0) is 25.8 Å². The zero-order valence-electron chi connectivity index (χ0n) is 10.5. The van der Waals surface area contributed by atoms with Crippen molar-refractivity contribution < 1.29 is 9.59 Å². The third-order valence-corrected chi connectivity index (χ3v) is 4.30. The van der Waals surface area contributed by atoms with Gasteiger partial charge in [-0.25, -0.2) is 0 Å². The Hall–Kier alpha value is -1.36. The molecule has 1 aromatic rings. The molecular weight excluding hydrogens is 248 g/mol. The molecule has 0 spiro atoms. The number of hydrogen-bond acceptors (Lipinski definition) is 3. The quantitative estimate of drug-likeness (QED) is 0.882. The van der Waals surface area contributed by atoms with Crippen LogP contribution >= 0.6 is 11.3 Å². The van der Waals surface area contributed by atoms with Gasteiger partial charge in [0.05, 0.1) is 5.56 Å². The van der Waals surface area contributed by atoms with E-state index in [0.29, 0.717) is 10.6 Å². The molecule has 0 aliphatic heterocycles. The summed E-state index contributed by atoms with van der Waals surface area (Å²) >= 11 is 1.40. The largest absolute Gasteiger partial charge is 0.366 e. The summed E-state index contributed by atoms with van der Waals surface area (Å²) in [5.74, 6) is -0.376.